The van der Waals surface area contributed by atoms with Crippen LogP contribution >= 0.6 is 34.4 Å². The molecule has 166 valence electrons. The van der Waals surface area contributed by atoms with Crippen molar-refractivity contribution in [1.82, 2.24) is 19.7 Å². The van der Waals surface area contributed by atoms with Crippen LogP contribution in [0.2, 0.25) is 0 Å². The Morgan fingerprint density at radius 1 is 1.31 bits per heavy atom. The first-order chi connectivity index (χ1) is 15.6. The van der Waals surface area contributed by atoms with Gasteiger partial charge >= 0.3 is 0 Å². The number of hydrogen-bond donors (Lipinski definition) is 1. The summed E-state index contributed by atoms with van der Waals surface area (Å²) in [4.78, 5) is 18.5. The van der Waals surface area contributed by atoms with Crippen molar-refractivity contribution in [3.63, 3.8) is 0 Å². The highest BCUT2D eigenvalue weighted by molar-refractivity contribution is 7.99. The van der Waals surface area contributed by atoms with Crippen molar-refractivity contribution in [2.45, 2.75) is 51.2 Å². The van der Waals surface area contributed by atoms with Gasteiger partial charge in [-0.1, -0.05) is 49.1 Å². The van der Waals surface area contributed by atoms with Crippen LogP contribution in [-0.2, 0) is 24.2 Å². The second-order valence-electron chi connectivity index (χ2n) is 8.18. The normalized spacial score (nSPS) is 15.8. The molecule has 1 N–H and O–H groups in total. The van der Waals surface area contributed by atoms with Gasteiger partial charge in [0.15, 0.2) is 16.1 Å². The zero-order valence-electron chi connectivity index (χ0n) is 18.1. The first-order valence-corrected chi connectivity index (χ1v) is 13.6. The van der Waals surface area contributed by atoms with Crippen molar-refractivity contribution in [3.05, 3.63) is 40.1 Å². The molecule has 1 aliphatic rings. The molecule has 0 bridgehead atoms. The molecule has 32 heavy (non-hydrogen) atoms. The van der Waals surface area contributed by atoms with Gasteiger partial charge in [0, 0.05) is 22.4 Å². The van der Waals surface area contributed by atoms with Crippen LogP contribution < -0.4 is 5.32 Å². The van der Waals surface area contributed by atoms with Gasteiger partial charge < -0.3 is 9.88 Å². The number of carbonyl (C=O) groups excluding carboxylic acids is 1. The Morgan fingerprint density at radius 2 is 2.19 bits per heavy atom. The largest absolute Gasteiger partial charge is 0.302 e. The summed E-state index contributed by atoms with van der Waals surface area (Å²) in [6.45, 7) is 5.32. The van der Waals surface area contributed by atoms with E-state index < -0.39 is 0 Å². The van der Waals surface area contributed by atoms with E-state index in [-0.39, 0.29) is 11.7 Å². The smallest absolute Gasteiger partial charge is 0.236 e. The van der Waals surface area contributed by atoms with Gasteiger partial charge in [-0.25, -0.2) is 4.98 Å². The predicted molar refractivity (Wildman–Crippen MR) is 134 cm³/mol. The van der Waals surface area contributed by atoms with Crippen molar-refractivity contribution in [1.29, 1.82) is 0 Å². The third-order valence-corrected chi connectivity index (χ3v) is 8.65. The first-order valence-electron chi connectivity index (χ1n) is 10.9. The van der Waals surface area contributed by atoms with Crippen molar-refractivity contribution < 1.29 is 4.79 Å². The van der Waals surface area contributed by atoms with Crippen LogP contribution in [0.25, 0.3) is 21.6 Å². The molecule has 1 aliphatic carbocycles. The Balaban J connectivity index is 1.31. The number of benzene rings is 1. The minimum absolute atomic E-state index is 0.0800. The minimum Gasteiger partial charge on any atom is -0.302 e. The van der Waals surface area contributed by atoms with E-state index in [4.69, 9.17) is 0 Å². The minimum atomic E-state index is -0.0800. The lowest BCUT2D eigenvalue weighted by atomic mass is 9.88. The topological polar surface area (TPSA) is 72.7 Å². The number of nitrogens with one attached hydrogen (secondary N) is 1. The van der Waals surface area contributed by atoms with Crippen LogP contribution in [0.4, 0.5) is 5.13 Å². The zero-order valence-corrected chi connectivity index (χ0v) is 20.6. The van der Waals surface area contributed by atoms with Crippen LogP contribution in [0.1, 0.15) is 37.1 Å². The summed E-state index contributed by atoms with van der Waals surface area (Å²) in [6, 6.07) is 7.89. The second kappa shape index (κ2) is 9.33. The van der Waals surface area contributed by atoms with Crippen LogP contribution in [0.5, 0.6) is 0 Å². The molecular formula is C23H25N5OS3. The molecule has 0 saturated heterocycles. The maximum Gasteiger partial charge on any atom is 0.236 e. The van der Waals surface area contributed by atoms with Crippen LogP contribution in [0.15, 0.2) is 34.8 Å². The lowest BCUT2D eigenvalue weighted by Gasteiger charge is -2.19. The van der Waals surface area contributed by atoms with Crippen molar-refractivity contribution >= 4 is 55.7 Å². The second-order valence-corrected chi connectivity index (χ2v) is 11.1. The van der Waals surface area contributed by atoms with Gasteiger partial charge in [0.2, 0.25) is 5.91 Å². The molecule has 0 aliphatic heterocycles. The van der Waals surface area contributed by atoms with Gasteiger partial charge in [-0.15, -0.1) is 21.5 Å². The number of amides is 1. The van der Waals surface area contributed by atoms with E-state index in [2.05, 4.69) is 44.3 Å². The van der Waals surface area contributed by atoms with Crippen LogP contribution in [-0.4, -0.2) is 31.4 Å². The number of nitrogens with zero attached hydrogens (tertiary/aromatic N) is 4. The van der Waals surface area contributed by atoms with Crippen molar-refractivity contribution in [3.8, 4) is 11.4 Å². The van der Waals surface area contributed by atoms with Crippen molar-refractivity contribution in [2.24, 2.45) is 5.92 Å². The Labute approximate surface area is 199 Å². The molecular weight excluding hydrogens is 458 g/mol. The number of carbonyl (C=O) groups is 1. The number of anilines is 1. The molecule has 3 aromatic heterocycles. The molecule has 1 aromatic carbocycles. The summed E-state index contributed by atoms with van der Waals surface area (Å²) in [6.07, 6.45) is 4.49. The van der Waals surface area contributed by atoms with Crippen LogP contribution in [0, 0.1) is 5.92 Å². The first kappa shape index (κ1) is 21.6. The number of thiazole rings is 1. The fourth-order valence-corrected chi connectivity index (χ4v) is 6.99. The molecule has 1 unspecified atom stereocenters. The molecule has 4 aromatic rings. The highest BCUT2D eigenvalue weighted by Crippen LogP contribution is 2.38. The summed E-state index contributed by atoms with van der Waals surface area (Å²) in [7, 11) is 0. The number of para-hydroxylation sites is 1. The van der Waals surface area contributed by atoms with E-state index in [1.54, 1.807) is 0 Å². The summed E-state index contributed by atoms with van der Waals surface area (Å²) in [5.74, 6) is 1.89. The molecule has 1 atom stereocenters. The van der Waals surface area contributed by atoms with Gasteiger partial charge in [-0.3, -0.25) is 4.79 Å². The molecule has 0 radical (unpaired) electrons. The maximum atomic E-state index is 12.6. The quantitative estimate of drug-likeness (QED) is 0.332. The summed E-state index contributed by atoms with van der Waals surface area (Å²) >= 11 is 4.77. The Morgan fingerprint density at radius 3 is 3.03 bits per heavy atom. The van der Waals surface area contributed by atoms with Crippen molar-refractivity contribution in [2.75, 3.05) is 11.1 Å². The zero-order chi connectivity index (χ0) is 22.1. The SMILES string of the molecule is CCCn1c(SCC(=O)Nc2nc3ccccc3s2)nnc1-c1csc2c1CCC(C)C2. The maximum absolute atomic E-state index is 12.6. The molecule has 0 saturated carbocycles. The average molecular weight is 484 g/mol. The molecule has 0 fully saturated rings. The fourth-order valence-electron chi connectivity index (χ4n) is 4.10. The summed E-state index contributed by atoms with van der Waals surface area (Å²) < 4.78 is 3.24. The fraction of sp³-hybridized carbons (Fsp3) is 0.391. The Bertz CT molecular complexity index is 1220. The van der Waals surface area contributed by atoms with E-state index in [0.29, 0.717) is 5.13 Å². The molecule has 5 rings (SSSR count). The molecule has 6 nitrogen and oxygen atoms in total. The number of thioether (sulfide) groups is 1. The van der Waals surface area contributed by atoms with Gasteiger partial charge in [0.05, 0.1) is 16.0 Å². The molecule has 9 heteroatoms. The lowest BCUT2D eigenvalue weighted by Crippen LogP contribution is -2.14. The highest BCUT2D eigenvalue weighted by Gasteiger charge is 2.24. The van der Waals surface area contributed by atoms with E-state index in [1.165, 1.54) is 45.5 Å². The van der Waals surface area contributed by atoms with E-state index >= 15 is 0 Å². The lowest BCUT2D eigenvalue weighted by molar-refractivity contribution is -0.113. The van der Waals surface area contributed by atoms with Gasteiger partial charge in [0.25, 0.3) is 0 Å². The number of thiophene rings is 1. The van der Waals surface area contributed by atoms with Gasteiger partial charge in [-0.2, -0.15) is 0 Å². The molecule has 1 amide bonds. The Hall–Kier alpha value is -2.23. The average Bonchev–Trinajstić information content (AvgIpc) is 3.48. The summed E-state index contributed by atoms with van der Waals surface area (Å²) in [5.41, 5.74) is 3.58. The van der Waals surface area contributed by atoms with Gasteiger partial charge in [0.1, 0.15) is 0 Å². The Kier molecular flexibility index (Phi) is 6.30. The highest BCUT2D eigenvalue weighted by atomic mass is 32.2. The number of fused-ring (bicyclic) bond motifs is 2. The number of aromatic nitrogens is 4. The third kappa shape index (κ3) is 4.33. The summed E-state index contributed by atoms with van der Waals surface area (Å²) in [5, 5.41) is 15.6. The predicted octanol–water partition coefficient (Wildman–Crippen LogP) is 5.88. The standard InChI is InChI=1S/C23H25N5OS3/c1-3-10-28-21(16-12-30-19-11-14(2)8-9-15(16)19)26-27-23(28)31-13-20(29)25-22-24-17-6-4-5-7-18(17)32-22/h4-7,12,14H,3,8-11,13H2,1-2H3,(H,24,25,29). The molecule has 3 heterocycles. The third-order valence-electron chi connectivity index (χ3n) is 5.68. The number of rotatable bonds is 7. The van der Waals surface area contributed by atoms with Crippen LogP contribution in [0.3, 0.4) is 0 Å². The van der Waals surface area contributed by atoms with E-state index in [0.717, 1.165) is 52.9 Å². The van der Waals surface area contributed by atoms with E-state index in [1.807, 2.05) is 35.6 Å². The monoisotopic (exact) mass is 483 g/mol. The number of hydrogen-bond acceptors (Lipinski definition) is 7. The van der Waals surface area contributed by atoms with Gasteiger partial charge in [-0.05, 0) is 49.3 Å². The van der Waals surface area contributed by atoms with E-state index in [9.17, 15) is 4.79 Å². The molecule has 0 spiro atoms.